The second-order valence-electron chi connectivity index (χ2n) is 6.02. The van der Waals surface area contributed by atoms with E-state index in [1.807, 2.05) is 25.1 Å². The smallest absolute Gasteiger partial charge is 0.244 e. The molecule has 0 bridgehead atoms. The molecule has 0 fully saturated rings. The number of amides is 1. The fourth-order valence-electron chi connectivity index (χ4n) is 1.33. The van der Waals surface area contributed by atoms with Crippen molar-refractivity contribution in [3.05, 3.63) is 12.2 Å². The van der Waals surface area contributed by atoms with Crippen molar-refractivity contribution >= 4 is 5.91 Å². The normalized spacial score (nSPS) is 13.4. The van der Waals surface area contributed by atoms with Crippen LogP contribution in [0.5, 0.6) is 0 Å². The maximum absolute atomic E-state index is 11.8. The highest BCUT2D eigenvalue weighted by atomic mass is 16.1. The molecule has 1 amide bonds. The first-order valence-electron chi connectivity index (χ1n) is 6.26. The van der Waals surface area contributed by atoms with Crippen molar-refractivity contribution in [2.45, 2.75) is 46.6 Å². The van der Waals surface area contributed by atoms with Crippen molar-refractivity contribution in [1.29, 1.82) is 0 Å². The summed E-state index contributed by atoms with van der Waals surface area (Å²) < 4.78 is 0. The summed E-state index contributed by atoms with van der Waals surface area (Å²) >= 11 is 0. The number of carbonyl (C=O) groups is 1. The van der Waals surface area contributed by atoms with Crippen molar-refractivity contribution in [3.63, 3.8) is 0 Å². The Morgan fingerprint density at radius 1 is 1.24 bits per heavy atom. The van der Waals surface area contributed by atoms with Crippen LogP contribution in [0.1, 0.15) is 41.0 Å². The van der Waals surface area contributed by atoms with E-state index in [-0.39, 0.29) is 16.9 Å². The fourth-order valence-corrected chi connectivity index (χ4v) is 1.33. The van der Waals surface area contributed by atoms with Crippen LogP contribution < -0.4 is 5.32 Å². The molecular weight excluding hydrogens is 212 g/mol. The highest BCUT2D eigenvalue weighted by Gasteiger charge is 2.36. The van der Waals surface area contributed by atoms with E-state index in [0.29, 0.717) is 0 Å². The molecule has 3 heteroatoms. The van der Waals surface area contributed by atoms with Crippen molar-refractivity contribution < 1.29 is 4.79 Å². The third-order valence-corrected chi connectivity index (χ3v) is 3.75. The minimum absolute atomic E-state index is 0.0154. The molecule has 0 aromatic heterocycles. The Morgan fingerprint density at radius 3 is 2.18 bits per heavy atom. The molecule has 0 aromatic carbocycles. The molecule has 0 unspecified atom stereocenters. The summed E-state index contributed by atoms with van der Waals surface area (Å²) in [4.78, 5) is 13.8. The van der Waals surface area contributed by atoms with Crippen LogP contribution in [-0.2, 0) is 4.79 Å². The van der Waals surface area contributed by atoms with Crippen LogP contribution in [0.25, 0.3) is 0 Å². The molecule has 100 valence electrons. The number of hydrogen-bond donors (Lipinski definition) is 1. The molecule has 0 aliphatic rings. The quantitative estimate of drug-likeness (QED) is 0.723. The Morgan fingerprint density at radius 2 is 1.76 bits per heavy atom. The van der Waals surface area contributed by atoms with Gasteiger partial charge in [-0.2, -0.15) is 0 Å². The second kappa shape index (κ2) is 6.20. The Hall–Kier alpha value is -0.830. The van der Waals surface area contributed by atoms with E-state index < -0.39 is 0 Å². The molecule has 0 aliphatic carbocycles. The minimum Gasteiger partial charge on any atom is -0.347 e. The van der Waals surface area contributed by atoms with Gasteiger partial charge >= 0.3 is 0 Å². The van der Waals surface area contributed by atoms with Crippen LogP contribution >= 0.6 is 0 Å². The lowest BCUT2D eigenvalue weighted by Gasteiger charge is -2.41. The predicted molar refractivity (Wildman–Crippen MR) is 74.0 cm³/mol. The van der Waals surface area contributed by atoms with Gasteiger partial charge in [0, 0.05) is 18.2 Å². The Bertz CT molecular complexity index is 278. The minimum atomic E-state index is -0.207. The molecule has 0 heterocycles. The topological polar surface area (TPSA) is 32.3 Å². The molecule has 0 saturated heterocycles. The third kappa shape index (κ3) is 5.35. The van der Waals surface area contributed by atoms with Crippen LogP contribution in [0, 0.1) is 5.41 Å². The Kier molecular flexibility index (Phi) is 5.89. The van der Waals surface area contributed by atoms with Gasteiger partial charge in [-0.1, -0.05) is 26.8 Å². The van der Waals surface area contributed by atoms with Crippen LogP contribution in [-0.4, -0.2) is 37.0 Å². The highest BCUT2D eigenvalue weighted by molar-refractivity contribution is 5.88. The van der Waals surface area contributed by atoms with Gasteiger partial charge in [-0.25, -0.2) is 0 Å². The summed E-state index contributed by atoms with van der Waals surface area (Å²) in [5.74, 6) is -0.0154. The fraction of sp³-hybridized carbons (Fsp3) is 0.786. The first-order chi connectivity index (χ1) is 7.62. The summed E-state index contributed by atoms with van der Waals surface area (Å²) in [6.07, 6.45) is 4.53. The van der Waals surface area contributed by atoms with Gasteiger partial charge in [-0.05, 0) is 39.8 Å². The monoisotopic (exact) mass is 240 g/mol. The number of rotatable bonds is 6. The number of carbonyl (C=O) groups excluding carboxylic acids is 1. The highest BCUT2D eigenvalue weighted by Crippen LogP contribution is 2.33. The average molecular weight is 240 g/mol. The van der Waals surface area contributed by atoms with E-state index in [4.69, 9.17) is 0 Å². The average Bonchev–Trinajstić information content (AvgIpc) is 2.15. The molecule has 0 atom stereocenters. The number of hydrogen-bond acceptors (Lipinski definition) is 2. The summed E-state index contributed by atoms with van der Waals surface area (Å²) in [5, 5.41) is 3.08. The van der Waals surface area contributed by atoms with Gasteiger partial charge in [0.1, 0.15) is 0 Å². The van der Waals surface area contributed by atoms with Crippen molar-refractivity contribution in [3.8, 4) is 0 Å². The Balaban J connectivity index is 4.43. The molecule has 0 aliphatic heterocycles. The van der Waals surface area contributed by atoms with E-state index >= 15 is 0 Å². The lowest BCUT2D eigenvalue weighted by atomic mass is 9.72. The molecule has 1 N–H and O–H groups in total. The second-order valence-corrected chi connectivity index (χ2v) is 6.02. The number of likely N-dealkylation sites (N-methyl/N-ethyl adjacent to an activating group) is 1. The van der Waals surface area contributed by atoms with Gasteiger partial charge in [-0.15, -0.1) is 0 Å². The van der Waals surface area contributed by atoms with Gasteiger partial charge < -0.3 is 10.2 Å². The van der Waals surface area contributed by atoms with Crippen LogP contribution in [0.2, 0.25) is 0 Å². The molecule has 0 aromatic rings. The third-order valence-electron chi connectivity index (χ3n) is 3.75. The maximum atomic E-state index is 11.8. The van der Waals surface area contributed by atoms with E-state index in [1.54, 1.807) is 6.08 Å². The summed E-state index contributed by atoms with van der Waals surface area (Å²) in [6, 6.07) is 0. The largest absolute Gasteiger partial charge is 0.347 e. The van der Waals surface area contributed by atoms with Crippen LogP contribution in [0.15, 0.2) is 12.2 Å². The molecule has 0 spiro atoms. The molecule has 0 rings (SSSR count). The summed E-state index contributed by atoms with van der Waals surface area (Å²) in [6.45, 7) is 11.4. The van der Waals surface area contributed by atoms with Crippen molar-refractivity contribution in [1.82, 2.24) is 10.2 Å². The van der Waals surface area contributed by atoms with Gasteiger partial charge in [0.15, 0.2) is 0 Å². The van der Waals surface area contributed by atoms with Crippen molar-refractivity contribution in [2.24, 2.45) is 5.41 Å². The van der Waals surface area contributed by atoms with E-state index in [2.05, 4.69) is 39.9 Å². The van der Waals surface area contributed by atoms with E-state index in [9.17, 15) is 4.79 Å². The van der Waals surface area contributed by atoms with Crippen LogP contribution in [0.4, 0.5) is 0 Å². The van der Waals surface area contributed by atoms with Gasteiger partial charge in [0.25, 0.3) is 0 Å². The van der Waals surface area contributed by atoms with Crippen molar-refractivity contribution in [2.75, 3.05) is 20.6 Å². The van der Waals surface area contributed by atoms with E-state index in [0.717, 1.165) is 13.0 Å². The number of nitrogens with one attached hydrogen (secondary N) is 1. The van der Waals surface area contributed by atoms with Gasteiger partial charge in [0.05, 0.1) is 0 Å². The lowest BCUT2D eigenvalue weighted by molar-refractivity contribution is -0.119. The zero-order valence-electron chi connectivity index (χ0n) is 12.4. The lowest BCUT2D eigenvalue weighted by Crippen LogP contribution is -2.53. The predicted octanol–water partition coefficient (Wildman–Crippen LogP) is 2.44. The van der Waals surface area contributed by atoms with Crippen LogP contribution in [0.3, 0.4) is 0 Å². The molecule has 0 saturated carbocycles. The van der Waals surface area contributed by atoms with Gasteiger partial charge in [-0.3, -0.25) is 4.79 Å². The SMILES string of the molecule is CCC(C)(C)C(C)(C)NC(=O)/C=C/CN(C)C. The molecule has 3 nitrogen and oxygen atoms in total. The first-order valence-corrected chi connectivity index (χ1v) is 6.26. The standard InChI is InChI=1S/C14H28N2O/c1-8-13(2,3)14(4,5)15-12(17)10-9-11-16(6)7/h9-10H,8,11H2,1-7H3,(H,15,17)/b10-9+. The molecular formula is C14H28N2O. The summed E-state index contributed by atoms with van der Waals surface area (Å²) in [5.41, 5.74) is -0.126. The molecule has 0 radical (unpaired) electrons. The van der Waals surface area contributed by atoms with E-state index in [1.165, 1.54) is 0 Å². The first kappa shape index (κ1) is 16.2. The zero-order chi connectivity index (χ0) is 13.7. The number of nitrogens with zero attached hydrogens (tertiary/aromatic N) is 1. The summed E-state index contributed by atoms with van der Waals surface area (Å²) in [7, 11) is 3.96. The molecule has 17 heavy (non-hydrogen) atoms. The zero-order valence-corrected chi connectivity index (χ0v) is 12.4. The maximum Gasteiger partial charge on any atom is 0.244 e. The Labute approximate surface area is 106 Å². The van der Waals surface area contributed by atoms with Gasteiger partial charge in [0.2, 0.25) is 5.91 Å².